The van der Waals surface area contributed by atoms with E-state index >= 15 is 0 Å². The van der Waals surface area contributed by atoms with Crippen molar-refractivity contribution in [2.45, 2.75) is 20.8 Å². The van der Waals surface area contributed by atoms with Crippen LogP contribution in [0.15, 0.2) is 18.2 Å². The van der Waals surface area contributed by atoms with Crippen LogP contribution in [0.4, 0.5) is 4.39 Å². The van der Waals surface area contributed by atoms with Crippen molar-refractivity contribution in [2.24, 2.45) is 0 Å². The molecule has 0 spiro atoms. The molecule has 0 aliphatic rings. The van der Waals surface area contributed by atoms with Gasteiger partial charge in [0.2, 0.25) is 5.78 Å². The third-order valence-electron chi connectivity index (χ3n) is 2.55. The largest absolute Gasteiger partial charge is 0.288 e. The molecule has 0 N–H and O–H groups in total. The van der Waals surface area contributed by atoms with E-state index in [0.717, 1.165) is 10.6 Å². The van der Waals surface area contributed by atoms with Gasteiger partial charge < -0.3 is 0 Å². The van der Waals surface area contributed by atoms with Gasteiger partial charge in [0.05, 0.1) is 15.6 Å². The van der Waals surface area contributed by atoms with Gasteiger partial charge in [0.15, 0.2) is 0 Å². The highest BCUT2D eigenvalue weighted by atomic mass is 32.1. The van der Waals surface area contributed by atoms with Crippen molar-refractivity contribution < 1.29 is 9.18 Å². The zero-order valence-corrected chi connectivity index (χ0v) is 10.7. The van der Waals surface area contributed by atoms with E-state index in [2.05, 4.69) is 4.98 Å². The summed E-state index contributed by atoms with van der Waals surface area (Å²) in [7, 11) is 0. The van der Waals surface area contributed by atoms with Crippen LogP contribution in [0.1, 0.15) is 31.5 Å². The van der Waals surface area contributed by atoms with Gasteiger partial charge in [-0.05, 0) is 38.5 Å². The second-order valence-corrected chi connectivity index (χ2v) is 5.14. The van der Waals surface area contributed by atoms with Gasteiger partial charge in [-0.25, -0.2) is 9.37 Å². The molecule has 0 fully saturated rings. The maximum atomic E-state index is 13.2. The molecule has 1 heterocycles. The number of carbonyl (C=O) groups is 1. The van der Waals surface area contributed by atoms with Gasteiger partial charge in [0, 0.05) is 5.56 Å². The summed E-state index contributed by atoms with van der Waals surface area (Å²) < 4.78 is 13.2. The summed E-state index contributed by atoms with van der Waals surface area (Å²) in [5.41, 5.74) is 1.90. The minimum Gasteiger partial charge on any atom is -0.288 e. The molecule has 1 aromatic carbocycles. The van der Waals surface area contributed by atoms with E-state index in [0.29, 0.717) is 16.1 Å². The van der Waals surface area contributed by atoms with Crippen LogP contribution >= 0.6 is 11.3 Å². The monoisotopic (exact) mass is 249 g/mol. The van der Waals surface area contributed by atoms with Gasteiger partial charge in [-0.15, -0.1) is 11.3 Å². The van der Waals surface area contributed by atoms with Crippen LogP contribution in [-0.4, -0.2) is 10.8 Å². The SMILES string of the molecule is Cc1nc(C)c(C(=O)c2cc(F)ccc2C)s1. The van der Waals surface area contributed by atoms with Gasteiger partial charge in [-0.2, -0.15) is 0 Å². The van der Waals surface area contributed by atoms with Gasteiger partial charge in [0.1, 0.15) is 5.82 Å². The molecule has 88 valence electrons. The highest BCUT2D eigenvalue weighted by Crippen LogP contribution is 2.23. The number of rotatable bonds is 2. The smallest absolute Gasteiger partial charge is 0.205 e. The molecule has 0 radical (unpaired) electrons. The van der Waals surface area contributed by atoms with Crippen LogP contribution in [-0.2, 0) is 0 Å². The molecule has 2 rings (SSSR count). The predicted molar refractivity (Wildman–Crippen MR) is 66.2 cm³/mol. The van der Waals surface area contributed by atoms with E-state index in [1.165, 1.54) is 23.5 Å². The zero-order valence-electron chi connectivity index (χ0n) is 9.87. The highest BCUT2D eigenvalue weighted by Gasteiger charge is 2.18. The molecule has 0 saturated carbocycles. The van der Waals surface area contributed by atoms with E-state index in [1.807, 2.05) is 6.92 Å². The summed E-state index contributed by atoms with van der Waals surface area (Å²) in [6, 6.07) is 4.26. The molecule has 0 unspecified atom stereocenters. The molecule has 0 aliphatic carbocycles. The van der Waals surface area contributed by atoms with Gasteiger partial charge in [-0.1, -0.05) is 6.07 Å². The summed E-state index contributed by atoms with van der Waals surface area (Å²) in [6.07, 6.45) is 0. The lowest BCUT2D eigenvalue weighted by Crippen LogP contribution is -2.04. The number of ketones is 1. The minimum atomic E-state index is -0.391. The van der Waals surface area contributed by atoms with E-state index in [9.17, 15) is 9.18 Å². The highest BCUT2D eigenvalue weighted by molar-refractivity contribution is 7.14. The number of nitrogens with zero attached hydrogens (tertiary/aromatic N) is 1. The first-order chi connectivity index (χ1) is 7.99. The van der Waals surface area contributed by atoms with Gasteiger partial charge in [0.25, 0.3) is 0 Å². The van der Waals surface area contributed by atoms with Crippen LogP contribution in [0.2, 0.25) is 0 Å². The Morgan fingerprint density at radius 3 is 2.59 bits per heavy atom. The first-order valence-electron chi connectivity index (χ1n) is 5.24. The Kier molecular flexibility index (Phi) is 3.07. The molecular formula is C13H12FNOS. The average Bonchev–Trinajstić information content (AvgIpc) is 2.60. The van der Waals surface area contributed by atoms with E-state index < -0.39 is 5.82 Å². The van der Waals surface area contributed by atoms with Crippen LogP contribution in [0, 0.1) is 26.6 Å². The third kappa shape index (κ3) is 2.26. The molecule has 1 aromatic heterocycles. The lowest BCUT2D eigenvalue weighted by Gasteiger charge is -2.03. The second kappa shape index (κ2) is 4.37. The fourth-order valence-corrected chi connectivity index (χ4v) is 2.58. The zero-order chi connectivity index (χ0) is 12.6. The molecule has 0 bridgehead atoms. The van der Waals surface area contributed by atoms with Crippen LogP contribution < -0.4 is 0 Å². The fourth-order valence-electron chi connectivity index (χ4n) is 1.70. The summed E-state index contributed by atoms with van der Waals surface area (Å²) in [6.45, 7) is 5.45. The number of hydrogen-bond acceptors (Lipinski definition) is 3. The van der Waals surface area contributed by atoms with Crippen molar-refractivity contribution in [1.82, 2.24) is 4.98 Å². The number of thiazole rings is 1. The van der Waals surface area contributed by atoms with Gasteiger partial charge in [-0.3, -0.25) is 4.79 Å². The maximum Gasteiger partial charge on any atom is 0.205 e. The topological polar surface area (TPSA) is 30.0 Å². The quantitative estimate of drug-likeness (QED) is 0.763. The van der Waals surface area contributed by atoms with Crippen LogP contribution in [0.25, 0.3) is 0 Å². The number of carbonyl (C=O) groups excluding carboxylic acids is 1. The Morgan fingerprint density at radius 2 is 2.00 bits per heavy atom. The molecule has 2 aromatic rings. The van der Waals surface area contributed by atoms with Crippen LogP contribution in [0.5, 0.6) is 0 Å². The number of hydrogen-bond donors (Lipinski definition) is 0. The number of aromatic nitrogens is 1. The van der Waals surface area contributed by atoms with Gasteiger partial charge >= 0.3 is 0 Å². The molecule has 2 nitrogen and oxygen atoms in total. The standard InChI is InChI=1S/C13H12FNOS/c1-7-4-5-10(14)6-11(7)12(16)13-8(2)15-9(3)17-13/h4-6H,1-3H3. The number of halogens is 1. The van der Waals surface area contributed by atoms with Crippen molar-refractivity contribution in [3.8, 4) is 0 Å². The molecule has 0 amide bonds. The second-order valence-electron chi connectivity index (χ2n) is 3.94. The number of aryl methyl sites for hydroxylation is 3. The summed E-state index contributed by atoms with van der Waals surface area (Å²) in [5.74, 6) is -0.539. The van der Waals surface area contributed by atoms with E-state index in [4.69, 9.17) is 0 Å². The Hall–Kier alpha value is -1.55. The van der Waals surface area contributed by atoms with Crippen LogP contribution in [0.3, 0.4) is 0 Å². The molecule has 17 heavy (non-hydrogen) atoms. The Balaban J connectivity index is 2.50. The summed E-state index contributed by atoms with van der Waals surface area (Å²) >= 11 is 1.35. The molecule has 0 atom stereocenters. The molecular weight excluding hydrogens is 237 g/mol. The minimum absolute atomic E-state index is 0.148. The average molecular weight is 249 g/mol. The van der Waals surface area contributed by atoms with Crippen molar-refractivity contribution in [3.05, 3.63) is 50.7 Å². The first-order valence-corrected chi connectivity index (χ1v) is 6.05. The molecule has 0 aliphatic heterocycles. The third-order valence-corrected chi connectivity index (χ3v) is 3.63. The fraction of sp³-hybridized carbons (Fsp3) is 0.231. The normalized spacial score (nSPS) is 10.6. The maximum absolute atomic E-state index is 13.2. The molecule has 0 saturated heterocycles. The summed E-state index contributed by atoms with van der Waals surface area (Å²) in [4.78, 5) is 17.1. The Bertz CT molecular complexity index is 589. The lowest BCUT2D eigenvalue weighted by atomic mass is 10.0. The van der Waals surface area contributed by atoms with E-state index in [-0.39, 0.29) is 5.78 Å². The van der Waals surface area contributed by atoms with Crippen molar-refractivity contribution in [3.63, 3.8) is 0 Å². The number of benzene rings is 1. The lowest BCUT2D eigenvalue weighted by molar-refractivity contribution is 0.104. The summed E-state index contributed by atoms with van der Waals surface area (Å²) in [5, 5.41) is 0.847. The van der Waals surface area contributed by atoms with Crippen molar-refractivity contribution >= 4 is 17.1 Å². The Morgan fingerprint density at radius 1 is 1.29 bits per heavy atom. The van der Waals surface area contributed by atoms with Crippen molar-refractivity contribution in [2.75, 3.05) is 0 Å². The molecule has 4 heteroatoms. The van der Waals surface area contributed by atoms with Crippen molar-refractivity contribution in [1.29, 1.82) is 0 Å². The Labute approximate surface area is 103 Å². The first kappa shape index (κ1) is 11.9. The predicted octanol–water partition coefficient (Wildman–Crippen LogP) is 3.44. The van der Waals surface area contributed by atoms with E-state index in [1.54, 1.807) is 19.9 Å².